The molecule has 3 N–H and O–H groups in total. The fourth-order valence-corrected chi connectivity index (χ4v) is 2.42. The van der Waals surface area contributed by atoms with Crippen molar-refractivity contribution in [3.8, 4) is 5.75 Å². The summed E-state index contributed by atoms with van der Waals surface area (Å²) < 4.78 is 11.2. The zero-order chi connectivity index (χ0) is 14.2. The van der Waals surface area contributed by atoms with Crippen molar-refractivity contribution in [2.45, 2.75) is 18.9 Å². The molecule has 0 saturated carbocycles. The normalized spacial score (nSPS) is 17.2. The predicted octanol–water partition coefficient (Wildman–Crippen LogP) is 1.12. The molecule has 5 nitrogen and oxygen atoms in total. The lowest BCUT2D eigenvalue weighted by Crippen LogP contribution is -2.39. The number of hydrogen-bond acceptors (Lipinski definition) is 5. The first-order chi connectivity index (χ1) is 9.79. The van der Waals surface area contributed by atoms with Crippen LogP contribution in [0.25, 0.3) is 0 Å². The summed E-state index contributed by atoms with van der Waals surface area (Å²) in [6.07, 6.45) is 2.34. The van der Waals surface area contributed by atoms with Crippen molar-refractivity contribution >= 4 is 5.69 Å². The maximum atomic E-state index is 8.73. The maximum absolute atomic E-state index is 8.73. The van der Waals surface area contributed by atoms with Crippen molar-refractivity contribution < 1.29 is 14.6 Å². The number of anilines is 1. The fourth-order valence-electron chi connectivity index (χ4n) is 2.42. The Balaban J connectivity index is 1.63. The number of para-hydroxylation sites is 2. The third-order valence-electron chi connectivity index (χ3n) is 3.56. The Kier molecular flexibility index (Phi) is 6.11. The number of nitrogen functional groups attached to an aromatic ring is 1. The molecule has 0 radical (unpaired) electrons. The summed E-state index contributed by atoms with van der Waals surface area (Å²) in [5, 5.41) is 8.73. The van der Waals surface area contributed by atoms with Gasteiger partial charge in [-0.2, -0.15) is 0 Å². The lowest BCUT2D eigenvalue weighted by atomic mass is 10.1. The van der Waals surface area contributed by atoms with Crippen LogP contribution in [-0.4, -0.2) is 55.6 Å². The minimum atomic E-state index is 0.104. The Morgan fingerprint density at radius 2 is 1.95 bits per heavy atom. The summed E-state index contributed by atoms with van der Waals surface area (Å²) in [6, 6.07) is 7.57. The number of benzene rings is 1. The van der Waals surface area contributed by atoms with Gasteiger partial charge >= 0.3 is 0 Å². The topological polar surface area (TPSA) is 68.0 Å². The highest BCUT2D eigenvalue weighted by Crippen LogP contribution is 2.20. The van der Waals surface area contributed by atoms with Gasteiger partial charge in [-0.25, -0.2) is 0 Å². The van der Waals surface area contributed by atoms with E-state index in [1.54, 1.807) is 0 Å². The molecule has 0 aliphatic carbocycles. The first-order valence-electron chi connectivity index (χ1n) is 7.21. The maximum Gasteiger partial charge on any atom is 0.142 e. The molecule has 0 bridgehead atoms. The second-order valence-corrected chi connectivity index (χ2v) is 5.02. The highest BCUT2D eigenvalue weighted by atomic mass is 16.5. The van der Waals surface area contributed by atoms with Gasteiger partial charge in [0.05, 0.1) is 25.0 Å². The summed E-state index contributed by atoms with van der Waals surface area (Å²) in [5.41, 5.74) is 6.51. The predicted molar refractivity (Wildman–Crippen MR) is 78.8 cm³/mol. The molecule has 0 unspecified atom stereocenters. The van der Waals surface area contributed by atoms with E-state index >= 15 is 0 Å². The third-order valence-corrected chi connectivity index (χ3v) is 3.56. The molecule has 1 aliphatic rings. The minimum absolute atomic E-state index is 0.104. The number of nitrogens with zero attached hydrogens (tertiary/aromatic N) is 1. The minimum Gasteiger partial charge on any atom is -0.490 e. The number of piperidine rings is 1. The molecule has 0 aromatic heterocycles. The number of nitrogens with two attached hydrogens (primary N) is 1. The molecular formula is C15H24N2O3. The molecule has 5 heteroatoms. The first kappa shape index (κ1) is 15.1. The van der Waals surface area contributed by atoms with E-state index in [4.69, 9.17) is 20.3 Å². The van der Waals surface area contributed by atoms with Gasteiger partial charge in [-0.05, 0) is 25.0 Å². The number of ether oxygens (including phenoxy) is 2. The highest BCUT2D eigenvalue weighted by Gasteiger charge is 2.19. The Morgan fingerprint density at radius 1 is 1.20 bits per heavy atom. The number of likely N-dealkylation sites (tertiary alicyclic amines) is 1. The lowest BCUT2D eigenvalue weighted by Gasteiger charge is -2.31. The summed E-state index contributed by atoms with van der Waals surface area (Å²) in [6.45, 7) is 4.14. The van der Waals surface area contributed by atoms with Gasteiger partial charge in [0, 0.05) is 19.6 Å². The van der Waals surface area contributed by atoms with E-state index in [2.05, 4.69) is 4.90 Å². The number of aliphatic hydroxyl groups excluding tert-OH is 1. The third kappa shape index (κ3) is 4.67. The van der Waals surface area contributed by atoms with Crippen LogP contribution in [0.3, 0.4) is 0 Å². The van der Waals surface area contributed by atoms with E-state index in [-0.39, 0.29) is 6.61 Å². The van der Waals surface area contributed by atoms with Gasteiger partial charge < -0.3 is 20.3 Å². The zero-order valence-corrected chi connectivity index (χ0v) is 11.8. The first-order valence-corrected chi connectivity index (χ1v) is 7.21. The van der Waals surface area contributed by atoms with Crippen LogP contribution in [0.15, 0.2) is 24.3 Å². The van der Waals surface area contributed by atoms with Crippen LogP contribution in [0, 0.1) is 0 Å². The van der Waals surface area contributed by atoms with Crippen LogP contribution in [0.1, 0.15) is 12.8 Å². The van der Waals surface area contributed by atoms with Crippen LogP contribution < -0.4 is 10.5 Å². The van der Waals surface area contributed by atoms with Gasteiger partial charge in [0.2, 0.25) is 0 Å². The summed E-state index contributed by atoms with van der Waals surface area (Å²) >= 11 is 0. The van der Waals surface area contributed by atoms with E-state index in [0.29, 0.717) is 25.0 Å². The molecule has 1 aromatic carbocycles. The van der Waals surface area contributed by atoms with Crippen LogP contribution in [0.4, 0.5) is 5.69 Å². The van der Waals surface area contributed by atoms with Crippen molar-refractivity contribution in [2.75, 3.05) is 45.2 Å². The average molecular weight is 280 g/mol. The summed E-state index contributed by atoms with van der Waals surface area (Å²) in [7, 11) is 0. The largest absolute Gasteiger partial charge is 0.490 e. The van der Waals surface area contributed by atoms with Crippen molar-refractivity contribution in [1.82, 2.24) is 4.90 Å². The average Bonchev–Trinajstić information content (AvgIpc) is 2.48. The highest BCUT2D eigenvalue weighted by molar-refractivity contribution is 5.51. The van der Waals surface area contributed by atoms with E-state index in [1.807, 2.05) is 24.3 Å². The van der Waals surface area contributed by atoms with E-state index in [1.165, 1.54) is 0 Å². The number of hydrogen-bond donors (Lipinski definition) is 2. The lowest BCUT2D eigenvalue weighted by molar-refractivity contribution is -0.00922. The molecule has 2 rings (SSSR count). The Bertz CT molecular complexity index is 392. The molecule has 112 valence electrons. The Labute approximate surface area is 120 Å². The molecule has 0 spiro atoms. The zero-order valence-electron chi connectivity index (χ0n) is 11.8. The van der Waals surface area contributed by atoms with Crippen LogP contribution >= 0.6 is 0 Å². The van der Waals surface area contributed by atoms with Gasteiger partial charge in [-0.3, -0.25) is 4.90 Å². The van der Waals surface area contributed by atoms with Crippen LogP contribution in [-0.2, 0) is 4.74 Å². The molecule has 20 heavy (non-hydrogen) atoms. The SMILES string of the molecule is Nc1ccccc1OCCN1CCC(OCCO)CC1. The Morgan fingerprint density at radius 3 is 2.65 bits per heavy atom. The van der Waals surface area contributed by atoms with E-state index in [0.717, 1.165) is 38.2 Å². The second kappa shape index (κ2) is 8.09. The van der Waals surface area contributed by atoms with Crippen molar-refractivity contribution in [1.29, 1.82) is 0 Å². The quantitative estimate of drug-likeness (QED) is 0.733. The van der Waals surface area contributed by atoms with E-state index < -0.39 is 0 Å². The van der Waals surface area contributed by atoms with Crippen LogP contribution in [0.5, 0.6) is 5.75 Å². The van der Waals surface area contributed by atoms with Gasteiger partial charge in [0.25, 0.3) is 0 Å². The van der Waals surface area contributed by atoms with Gasteiger partial charge in [-0.1, -0.05) is 12.1 Å². The number of aliphatic hydroxyl groups is 1. The standard InChI is InChI=1S/C15H24N2O3/c16-14-3-1-2-4-15(14)20-11-9-17-7-5-13(6-8-17)19-12-10-18/h1-4,13,18H,5-12,16H2. The second-order valence-electron chi connectivity index (χ2n) is 5.02. The van der Waals surface area contributed by atoms with Gasteiger partial charge in [-0.15, -0.1) is 0 Å². The van der Waals surface area contributed by atoms with Crippen LogP contribution in [0.2, 0.25) is 0 Å². The molecule has 1 heterocycles. The molecule has 1 fully saturated rings. The molecule has 1 aliphatic heterocycles. The monoisotopic (exact) mass is 280 g/mol. The number of rotatable bonds is 7. The molecule has 0 atom stereocenters. The van der Waals surface area contributed by atoms with Crippen molar-refractivity contribution in [2.24, 2.45) is 0 Å². The van der Waals surface area contributed by atoms with Gasteiger partial charge in [0.15, 0.2) is 0 Å². The summed E-state index contributed by atoms with van der Waals surface area (Å²) in [5.74, 6) is 0.758. The summed E-state index contributed by atoms with van der Waals surface area (Å²) in [4.78, 5) is 2.37. The van der Waals surface area contributed by atoms with Gasteiger partial charge in [0.1, 0.15) is 12.4 Å². The molecule has 0 amide bonds. The van der Waals surface area contributed by atoms with Crippen molar-refractivity contribution in [3.63, 3.8) is 0 Å². The smallest absolute Gasteiger partial charge is 0.142 e. The fraction of sp³-hybridized carbons (Fsp3) is 0.600. The van der Waals surface area contributed by atoms with E-state index in [9.17, 15) is 0 Å². The molecule has 1 aromatic rings. The Hall–Kier alpha value is -1.30. The molecule has 1 saturated heterocycles. The molecular weight excluding hydrogens is 256 g/mol. The van der Waals surface area contributed by atoms with Crippen molar-refractivity contribution in [3.05, 3.63) is 24.3 Å².